The molecule has 1 aliphatic heterocycles. The highest BCUT2D eigenvalue weighted by atomic mass is 32.2. The standard InChI is InChI=1S/C21H27F2N3O3S/c1-3-20-13-25(14(2)16-10-17(22)12-18(23)11-16)8-9-26(20)21(27)15-4-6-19(7-5-15)24-30(28)29/h4-6,10-12,14,19-20,30H,3,7-9,13H2,1-2H3,(H,24,28,29)/t14?,19?,20-/m0/s1. The maximum Gasteiger partial charge on any atom is 0.253 e. The van der Waals surface area contributed by atoms with E-state index in [0.29, 0.717) is 37.2 Å². The summed E-state index contributed by atoms with van der Waals surface area (Å²) in [4.78, 5) is 17.0. The fourth-order valence-corrected chi connectivity index (χ4v) is 4.51. The van der Waals surface area contributed by atoms with Gasteiger partial charge >= 0.3 is 0 Å². The molecule has 1 aliphatic carbocycles. The summed E-state index contributed by atoms with van der Waals surface area (Å²) < 4.78 is 51.2. The van der Waals surface area contributed by atoms with Crippen LogP contribution in [0.1, 0.15) is 38.3 Å². The lowest BCUT2D eigenvalue weighted by Crippen LogP contribution is -2.55. The molecule has 1 N–H and O–H groups in total. The summed E-state index contributed by atoms with van der Waals surface area (Å²) in [5, 5.41) is 0. The average Bonchev–Trinajstić information content (AvgIpc) is 2.71. The van der Waals surface area contributed by atoms with Gasteiger partial charge < -0.3 is 4.90 Å². The number of nitrogens with zero attached hydrogens (tertiary/aromatic N) is 2. The molecule has 0 aromatic heterocycles. The molecule has 2 unspecified atom stereocenters. The van der Waals surface area contributed by atoms with Crippen molar-refractivity contribution in [2.45, 2.75) is 44.8 Å². The van der Waals surface area contributed by atoms with Crippen molar-refractivity contribution < 1.29 is 22.0 Å². The lowest BCUT2D eigenvalue weighted by atomic mass is 9.99. The van der Waals surface area contributed by atoms with E-state index in [1.807, 2.05) is 18.7 Å². The fourth-order valence-electron chi connectivity index (χ4n) is 4.05. The molecule has 164 valence electrons. The summed E-state index contributed by atoms with van der Waals surface area (Å²) in [5.74, 6) is -1.27. The van der Waals surface area contributed by atoms with Gasteiger partial charge in [-0.15, -0.1) is 0 Å². The highest BCUT2D eigenvalue weighted by molar-refractivity contribution is 7.70. The Kier molecular flexibility index (Phi) is 7.38. The van der Waals surface area contributed by atoms with E-state index >= 15 is 0 Å². The van der Waals surface area contributed by atoms with E-state index < -0.39 is 22.5 Å². The highest BCUT2D eigenvalue weighted by Gasteiger charge is 2.33. The Bertz CT molecular complexity index is 904. The van der Waals surface area contributed by atoms with Gasteiger partial charge in [-0.2, -0.15) is 0 Å². The molecule has 1 amide bonds. The van der Waals surface area contributed by atoms with Crippen molar-refractivity contribution in [2.24, 2.45) is 0 Å². The number of rotatable bonds is 6. The average molecular weight is 440 g/mol. The minimum atomic E-state index is -2.69. The molecular weight excluding hydrogens is 412 g/mol. The first kappa shape index (κ1) is 22.6. The van der Waals surface area contributed by atoms with Crippen LogP contribution in [0, 0.1) is 11.6 Å². The van der Waals surface area contributed by atoms with E-state index in [1.165, 1.54) is 12.1 Å². The number of carbonyl (C=O) groups is 1. The van der Waals surface area contributed by atoms with E-state index in [4.69, 9.17) is 0 Å². The molecule has 1 aromatic rings. The monoisotopic (exact) mass is 439 g/mol. The number of benzene rings is 1. The summed E-state index contributed by atoms with van der Waals surface area (Å²) in [6.07, 6.45) is 6.30. The third-order valence-electron chi connectivity index (χ3n) is 5.78. The van der Waals surface area contributed by atoms with Crippen LogP contribution in [-0.2, 0) is 15.7 Å². The molecule has 3 rings (SSSR count). The first-order chi connectivity index (χ1) is 14.3. The summed E-state index contributed by atoms with van der Waals surface area (Å²) in [5.41, 5.74) is 1.14. The van der Waals surface area contributed by atoms with E-state index in [2.05, 4.69) is 9.62 Å². The van der Waals surface area contributed by atoms with Crippen LogP contribution in [0.2, 0.25) is 0 Å². The Morgan fingerprint density at radius 2 is 1.93 bits per heavy atom. The summed E-state index contributed by atoms with van der Waals surface area (Å²) in [6, 6.07) is 3.05. The minimum absolute atomic E-state index is 0.0200. The first-order valence-electron chi connectivity index (χ1n) is 10.1. The lowest BCUT2D eigenvalue weighted by molar-refractivity contribution is -0.132. The molecule has 1 saturated heterocycles. The molecule has 2 aliphatic rings. The van der Waals surface area contributed by atoms with Crippen LogP contribution >= 0.6 is 0 Å². The van der Waals surface area contributed by atoms with Crippen molar-refractivity contribution in [1.29, 1.82) is 0 Å². The molecule has 0 bridgehead atoms. The fraction of sp³-hybridized carbons (Fsp3) is 0.476. The quantitative estimate of drug-likeness (QED) is 0.668. The van der Waals surface area contributed by atoms with Gasteiger partial charge in [0.05, 0.1) is 0 Å². The van der Waals surface area contributed by atoms with Gasteiger partial charge in [0.25, 0.3) is 5.91 Å². The van der Waals surface area contributed by atoms with Crippen molar-refractivity contribution >= 4 is 16.8 Å². The van der Waals surface area contributed by atoms with Gasteiger partial charge in [-0.3, -0.25) is 9.69 Å². The van der Waals surface area contributed by atoms with Crippen LogP contribution in [0.25, 0.3) is 0 Å². The van der Waals surface area contributed by atoms with E-state index in [1.54, 1.807) is 18.2 Å². The number of hydrogen-bond acceptors (Lipinski definition) is 4. The Morgan fingerprint density at radius 1 is 1.23 bits per heavy atom. The van der Waals surface area contributed by atoms with Crippen molar-refractivity contribution in [1.82, 2.24) is 14.5 Å². The molecule has 30 heavy (non-hydrogen) atoms. The van der Waals surface area contributed by atoms with Crippen LogP contribution < -0.4 is 4.72 Å². The number of nitrogens with one attached hydrogen (secondary N) is 1. The van der Waals surface area contributed by atoms with Crippen LogP contribution in [-0.4, -0.2) is 55.8 Å². The molecule has 1 aromatic carbocycles. The lowest BCUT2D eigenvalue weighted by Gasteiger charge is -2.44. The molecule has 0 saturated carbocycles. The third-order valence-corrected chi connectivity index (χ3v) is 6.32. The van der Waals surface area contributed by atoms with Gasteiger partial charge in [0.1, 0.15) is 11.6 Å². The number of thiol groups is 1. The largest absolute Gasteiger partial charge is 0.333 e. The predicted molar refractivity (Wildman–Crippen MR) is 111 cm³/mol. The zero-order valence-corrected chi connectivity index (χ0v) is 17.9. The summed E-state index contributed by atoms with van der Waals surface area (Å²) >= 11 is 0. The SMILES string of the molecule is CC[C@H]1CN(C(C)c2cc(F)cc(F)c2)CCN1C(=O)C1=CCC(N[SH](=O)=O)C=C1. The first-order valence-corrected chi connectivity index (χ1v) is 11.3. The predicted octanol–water partition coefficient (Wildman–Crippen LogP) is 2.32. The maximum atomic E-state index is 13.6. The zero-order chi connectivity index (χ0) is 21.8. The molecule has 1 heterocycles. The van der Waals surface area contributed by atoms with E-state index in [9.17, 15) is 22.0 Å². The second-order valence-corrected chi connectivity index (χ2v) is 8.45. The van der Waals surface area contributed by atoms with Crippen LogP contribution in [0.5, 0.6) is 0 Å². The molecule has 1 fully saturated rings. The minimum Gasteiger partial charge on any atom is -0.333 e. The molecule has 0 radical (unpaired) electrons. The molecule has 6 nitrogen and oxygen atoms in total. The van der Waals surface area contributed by atoms with Gasteiger partial charge in [-0.25, -0.2) is 21.9 Å². The number of hydrogen-bond donors (Lipinski definition) is 2. The Labute approximate surface area is 177 Å². The molecule has 9 heteroatoms. The van der Waals surface area contributed by atoms with Gasteiger partial charge in [0, 0.05) is 49.4 Å². The van der Waals surface area contributed by atoms with E-state index in [-0.39, 0.29) is 24.0 Å². The Morgan fingerprint density at radius 3 is 2.50 bits per heavy atom. The second kappa shape index (κ2) is 9.80. The van der Waals surface area contributed by atoms with E-state index in [0.717, 1.165) is 12.5 Å². The highest BCUT2D eigenvalue weighted by Crippen LogP contribution is 2.27. The maximum absolute atomic E-state index is 13.6. The number of carbonyl (C=O) groups excluding carboxylic acids is 1. The zero-order valence-electron chi connectivity index (χ0n) is 17.1. The van der Waals surface area contributed by atoms with Gasteiger partial charge in [0.2, 0.25) is 10.9 Å². The normalized spacial score (nSPS) is 23.5. The summed E-state index contributed by atoms with van der Waals surface area (Å²) in [7, 11) is -2.69. The number of amides is 1. The molecule has 3 atom stereocenters. The summed E-state index contributed by atoms with van der Waals surface area (Å²) in [6.45, 7) is 5.65. The Balaban J connectivity index is 1.66. The third kappa shape index (κ3) is 5.33. The molecule has 0 spiro atoms. The van der Waals surface area contributed by atoms with Gasteiger partial charge in [0.15, 0.2) is 0 Å². The number of halogens is 2. The van der Waals surface area contributed by atoms with Crippen molar-refractivity contribution in [3.63, 3.8) is 0 Å². The Hall–Kier alpha value is -2.10. The van der Waals surface area contributed by atoms with Crippen molar-refractivity contribution in [3.05, 3.63) is 59.2 Å². The molecular formula is C21H27F2N3O3S. The van der Waals surface area contributed by atoms with Gasteiger partial charge in [-0.05, 0) is 37.5 Å². The second-order valence-electron chi connectivity index (χ2n) is 7.68. The van der Waals surface area contributed by atoms with Crippen molar-refractivity contribution in [3.8, 4) is 0 Å². The van der Waals surface area contributed by atoms with Crippen molar-refractivity contribution in [2.75, 3.05) is 19.6 Å². The van der Waals surface area contributed by atoms with Gasteiger partial charge in [-0.1, -0.05) is 25.2 Å². The topological polar surface area (TPSA) is 69.7 Å². The number of piperazine rings is 1. The van der Waals surface area contributed by atoms with Crippen LogP contribution in [0.15, 0.2) is 42.0 Å². The van der Waals surface area contributed by atoms with Crippen LogP contribution in [0.3, 0.4) is 0 Å². The smallest absolute Gasteiger partial charge is 0.253 e. The van der Waals surface area contributed by atoms with Crippen LogP contribution in [0.4, 0.5) is 8.78 Å².